The molecule has 0 aliphatic rings. The van der Waals surface area contributed by atoms with Crippen LogP contribution in [0.3, 0.4) is 0 Å². The number of nitrogens with one attached hydrogen (secondary N) is 1. The molecular weight excluding hydrogens is 1000 g/mol. The first-order valence-electron chi connectivity index (χ1n) is 32.9. The second-order valence-corrected chi connectivity index (χ2v) is 24.8. The van der Waals surface area contributed by atoms with E-state index in [1.807, 2.05) is 33.3 Å². The van der Waals surface area contributed by atoms with Gasteiger partial charge in [-0.1, -0.05) is 273 Å². The van der Waals surface area contributed by atoms with E-state index in [1.54, 1.807) is 0 Å². The summed E-state index contributed by atoms with van der Waals surface area (Å²) in [6.45, 7) is 6.85. The van der Waals surface area contributed by atoms with Gasteiger partial charge < -0.3 is 19.4 Å². The Labute approximate surface area is 488 Å². The van der Waals surface area contributed by atoms with E-state index in [1.165, 1.54) is 167 Å². The van der Waals surface area contributed by atoms with Crippen LogP contribution in [0.1, 0.15) is 290 Å². The van der Waals surface area contributed by atoms with Gasteiger partial charge in [-0.05, 0) is 89.5 Å². The fourth-order valence-electron chi connectivity index (χ4n) is 9.30. The number of carbonyl (C=O) groups excluding carboxylic acids is 2. The van der Waals surface area contributed by atoms with Crippen LogP contribution in [0.4, 0.5) is 0 Å². The zero-order valence-corrected chi connectivity index (χ0v) is 53.2. The minimum Gasteiger partial charge on any atom is -0.456 e. The summed E-state index contributed by atoms with van der Waals surface area (Å²) in [5, 5.41) is 3.05. The molecule has 0 heterocycles. The number of allylic oxidation sites excluding steroid dienone is 13. The van der Waals surface area contributed by atoms with Gasteiger partial charge in [0, 0.05) is 12.8 Å². The molecule has 79 heavy (non-hydrogen) atoms. The summed E-state index contributed by atoms with van der Waals surface area (Å²) in [6, 6.07) is -0.858. The summed E-state index contributed by atoms with van der Waals surface area (Å²) in [7, 11) is 1.48. The van der Waals surface area contributed by atoms with Crippen LogP contribution in [0.15, 0.2) is 85.1 Å². The number of amides is 1. The SMILES string of the molecule is CC/C=C/C=C/C=C/CCCCCCCCCC(=O)NC(COP(=O)(O)OCC[N+](C)(C)C)C(/C=C\CCCCCCCCCCC)OC(=O)CCCCCCCCCCCCCCCC/C=C\C/C=C\C/C=C\CCCCC. The monoisotopic (exact) mass is 1130 g/mol. The summed E-state index contributed by atoms with van der Waals surface area (Å²) in [6.07, 6.45) is 77.4. The Balaban J connectivity index is 5.02. The van der Waals surface area contributed by atoms with Gasteiger partial charge in [0.05, 0.1) is 33.8 Å². The van der Waals surface area contributed by atoms with Gasteiger partial charge >= 0.3 is 13.8 Å². The fraction of sp³-hybridized carbons (Fsp3) is 0.768. The third kappa shape index (κ3) is 59.6. The first-order chi connectivity index (χ1) is 38.4. The highest BCUT2D eigenvalue weighted by molar-refractivity contribution is 7.47. The molecule has 0 aromatic rings. The van der Waals surface area contributed by atoms with Crippen LogP contribution in [0.25, 0.3) is 0 Å². The van der Waals surface area contributed by atoms with Crippen LogP contribution < -0.4 is 5.32 Å². The molecule has 10 heteroatoms. The maximum Gasteiger partial charge on any atom is 0.472 e. The average Bonchev–Trinajstić information content (AvgIpc) is 3.41. The lowest BCUT2D eigenvalue weighted by Crippen LogP contribution is -2.47. The van der Waals surface area contributed by atoms with Crippen molar-refractivity contribution in [3.8, 4) is 0 Å². The summed E-state index contributed by atoms with van der Waals surface area (Å²) < 4.78 is 30.7. The Morgan fingerprint density at radius 2 is 0.861 bits per heavy atom. The molecule has 0 aliphatic carbocycles. The molecule has 0 spiro atoms. The molecule has 458 valence electrons. The molecule has 0 rings (SSSR count). The van der Waals surface area contributed by atoms with Crippen LogP contribution in [0.2, 0.25) is 0 Å². The van der Waals surface area contributed by atoms with E-state index >= 15 is 0 Å². The minimum absolute atomic E-state index is 0.0350. The second kappa shape index (κ2) is 58.4. The highest BCUT2D eigenvalue weighted by Gasteiger charge is 2.30. The van der Waals surface area contributed by atoms with Crippen LogP contribution >= 0.6 is 7.82 Å². The van der Waals surface area contributed by atoms with Gasteiger partial charge in [-0.2, -0.15) is 0 Å². The number of unbranched alkanes of at least 4 members (excludes halogenated alkanes) is 33. The average molecular weight is 1130 g/mol. The predicted octanol–water partition coefficient (Wildman–Crippen LogP) is 20.6. The van der Waals surface area contributed by atoms with Crippen molar-refractivity contribution in [2.45, 2.75) is 303 Å². The quantitative estimate of drug-likeness (QED) is 0.0156. The van der Waals surface area contributed by atoms with Crippen LogP contribution in [0, 0.1) is 0 Å². The minimum atomic E-state index is -4.45. The lowest BCUT2D eigenvalue weighted by Gasteiger charge is -2.27. The molecule has 2 N–H and O–H groups in total. The van der Waals surface area contributed by atoms with Crippen molar-refractivity contribution in [1.29, 1.82) is 0 Å². The summed E-state index contributed by atoms with van der Waals surface area (Å²) in [5.74, 6) is -0.518. The van der Waals surface area contributed by atoms with E-state index < -0.39 is 20.0 Å². The van der Waals surface area contributed by atoms with Gasteiger partial charge in [-0.15, -0.1) is 0 Å². The van der Waals surface area contributed by atoms with Crippen molar-refractivity contribution in [2.75, 3.05) is 40.9 Å². The van der Waals surface area contributed by atoms with Gasteiger partial charge in [0.15, 0.2) is 0 Å². The lowest BCUT2D eigenvalue weighted by atomic mass is 10.0. The number of hydrogen-bond acceptors (Lipinski definition) is 6. The van der Waals surface area contributed by atoms with Gasteiger partial charge in [0.2, 0.25) is 5.91 Å². The predicted molar refractivity (Wildman–Crippen MR) is 341 cm³/mol. The fourth-order valence-corrected chi connectivity index (χ4v) is 10.0. The number of esters is 1. The molecule has 0 fully saturated rings. The third-order valence-electron chi connectivity index (χ3n) is 14.4. The second-order valence-electron chi connectivity index (χ2n) is 23.3. The zero-order valence-electron chi connectivity index (χ0n) is 52.3. The van der Waals surface area contributed by atoms with E-state index in [-0.39, 0.29) is 31.5 Å². The normalized spacial score (nSPS) is 14.2. The molecule has 0 aromatic carbocycles. The van der Waals surface area contributed by atoms with Crippen molar-refractivity contribution in [3.05, 3.63) is 85.1 Å². The molecular formula is C69H126N2O7P+. The maximum atomic E-state index is 13.5. The maximum absolute atomic E-state index is 13.5. The van der Waals surface area contributed by atoms with E-state index in [0.29, 0.717) is 17.4 Å². The first kappa shape index (κ1) is 76.2. The number of hydrogen-bond donors (Lipinski definition) is 2. The van der Waals surface area contributed by atoms with Crippen LogP contribution in [-0.2, 0) is 27.9 Å². The van der Waals surface area contributed by atoms with Crippen molar-refractivity contribution < 1.29 is 37.3 Å². The molecule has 0 saturated heterocycles. The van der Waals surface area contributed by atoms with Crippen molar-refractivity contribution in [3.63, 3.8) is 0 Å². The Kier molecular flexibility index (Phi) is 56.3. The molecule has 9 nitrogen and oxygen atoms in total. The number of nitrogens with zero attached hydrogens (tertiary/aromatic N) is 1. The van der Waals surface area contributed by atoms with Crippen LogP contribution in [-0.4, -0.2) is 74.3 Å². The Morgan fingerprint density at radius 3 is 1.34 bits per heavy atom. The Bertz CT molecular complexity index is 1630. The lowest BCUT2D eigenvalue weighted by molar-refractivity contribution is -0.870. The number of phosphoric acid groups is 1. The first-order valence-corrected chi connectivity index (χ1v) is 34.4. The molecule has 0 saturated carbocycles. The van der Waals surface area contributed by atoms with Gasteiger partial charge in [-0.3, -0.25) is 18.6 Å². The molecule has 0 bridgehead atoms. The third-order valence-corrected chi connectivity index (χ3v) is 15.4. The standard InChI is InChI=1S/C69H125N2O7P/c1-7-10-13-16-19-22-25-27-29-30-31-32-33-34-35-36-37-38-39-40-42-44-47-50-53-56-59-62-69(73)78-67(60-57-54-51-48-45-24-21-18-15-12-9-3)66(65-77-79(74,75)76-64-63-71(4,5)6)70-68(72)61-58-55-52-49-46-43-41-28-26-23-20-17-14-11-8-2/h11,14,17,19-20,22-23,26-27,29,31-32,57,60,66-67H,7-10,12-13,15-16,18,21,24-25,28,30,33-56,58-59,61-65H2,1-6H3,(H-,70,72,74,75)/p+1/b14-11+,20-17+,22-19-,26-23+,29-27-,32-31-,60-57-. The number of quaternary nitrogens is 1. The summed E-state index contributed by atoms with van der Waals surface area (Å²) in [4.78, 5) is 37.7. The molecule has 0 aliphatic heterocycles. The summed E-state index contributed by atoms with van der Waals surface area (Å²) >= 11 is 0. The highest BCUT2D eigenvalue weighted by atomic mass is 31.2. The van der Waals surface area contributed by atoms with E-state index in [0.717, 1.165) is 89.9 Å². The van der Waals surface area contributed by atoms with E-state index in [4.69, 9.17) is 13.8 Å². The Morgan fingerprint density at radius 1 is 0.468 bits per heavy atom. The molecule has 1 amide bonds. The van der Waals surface area contributed by atoms with Crippen molar-refractivity contribution in [2.24, 2.45) is 0 Å². The van der Waals surface area contributed by atoms with E-state index in [9.17, 15) is 19.0 Å². The largest absolute Gasteiger partial charge is 0.472 e. The smallest absolute Gasteiger partial charge is 0.456 e. The molecule has 0 radical (unpaired) electrons. The number of rotatable bonds is 59. The topological polar surface area (TPSA) is 111 Å². The van der Waals surface area contributed by atoms with Gasteiger partial charge in [0.1, 0.15) is 19.3 Å². The zero-order chi connectivity index (χ0) is 57.9. The Hall–Kier alpha value is -2.81. The van der Waals surface area contributed by atoms with Crippen molar-refractivity contribution in [1.82, 2.24) is 5.32 Å². The number of likely N-dealkylation sites (N-methyl/N-ethyl adjacent to an activating group) is 1. The molecule has 0 aromatic heterocycles. The summed E-state index contributed by atoms with van der Waals surface area (Å²) in [5.41, 5.74) is 0. The van der Waals surface area contributed by atoms with Crippen LogP contribution in [0.5, 0.6) is 0 Å². The number of carbonyl (C=O) groups is 2. The van der Waals surface area contributed by atoms with Gasteiger partial charge in [0.25, 0.3) is 0 Å². The number of ether oxygens (including phenoxy) is 1. The molecule has 3 unspecified atom stereocenters. The van der Waals surface area contributed by atoms with Gasteiger partial charge in [-0.25, -0.2) is 4.57 Å². The van der Waals surface area contributed by atoms with Crippen molar-refractivity contribution >= 4 is 19.7 Å². The highest BCUT2D eigenvalue weighted by Crippen LogP contribution is 2.43. The molecule has 3 atom stereocenters. The van der Waals surface area contributed by atoms with E-state index in [2.05, 4.69) is 99.0 Å². The number of phosphoric ester groups is 1.